The monoisotopic (exact) mass is 357 g/mol. The zero-order chi connectivity index (χ0) is 18.7. The lowest BCUT2D eigenvalue weighted by Crippen LogP contribution is -3.12. The molecule has 0 spiro atoms. The Morgan fingerprint density at radius 2 is 2.08 bits per heavy atom. The second kappa shape index (κ2) is 7.91. The number of H-pyrrole nitrogens is 1. The minimum atomic E-state index is -1.20. The van der Waals surface area contributed by atoms with E-state index < -0.39 is 5.97 Å². The van der Waals surface area contributed by atoms with Gasteiger partial charge >= 0.3 is 0 Å². The Kier molecular flexibility index (Phi) is 5.61. The van der Waals surface area contributed by atoms with Crippen molar-refractivity contribution in [1.29, 1.82) is 0 Å². The van der Waals surface area contributed by atoms with Crippen LogP contribution in [0.5, 0.6) is 0 Å². The van der Waals surface area contributed by atoms with E-state index >= 15 is 0 Å². The fraction of sp³-hybridized carbons (Fsp3) is 0.500. The lowest BCUT2D eigenvalue weighted by molar-refractivity contribution is -0.895. The molecule has 6 heteroatoms. The van der Waals surface area contributed by atoms with Crippen LogP contribution in [0, 0.1) is 0 Å². The number of hydrogen-bond acceptors (Lipinski definition) is 3. The second-order valence-corrected chi connectivity index (χ2v) is 6.98. The Balaban J connectivity index is 1.82. The SMILES string of the molecule is CC[NH+](CC)CCNC(=O)[C@@H]1CCCc2c1[nH]c1c(C(=O)[O-])cccc21. The van der Waals surface area contributed by atoms with Gasteiger partial charge in [-0.25, -0.2) is 0 Å². The maximum absolute atomic E-state index is 12.7. The summed E-state index contributed by atoms with van der Waals surface area (Å²) in [6.07, 6.45) is 2.57. The lowest BCUT2D eigenvalue weighted by Gasteiger charge is -2.22. The molecule has 6 nitrogen and oxygen atoms in total. The zero-order valence-corrected chi connectivity index (χ0v) is 15.5. The van der Waals surface area contributed by atoms with Gasteiger partial charge in [0.05, 0.1) is 43.6 Å². The van der Waals surface area contributed by atoms with Gasteiger partial charge < -0.3 is 25.1 Å². The molecule has 0 saturated heterocycles. The summed E-state index contributed by atoms with van der Waals surface area (Å²) in [5.41, 5.74) is 2.67. The number of carboxylic acids is 1. The third-order valence-electron chi connectivity index (χ3n) is 5.56. The molecule has 1 amide bonds. The van der Waals surface area contributed by atoms with Crippen LogP contribution < -0.4 is 15.3 Å². The number of carbonyl (C=O) groups excluding carboxylic acids is 2. The summed E-state index contributed by atoms with van der Waals surface area (Å²) in [5.74, 6) is -1.41. The molecule has 3 rings (SSSR count). The second-order valence-electron chi connectivity index (χ2n) is 6.98. The van der Waals surface area contributed by atoms with Crippen LogP contribution in [0.25, 0.3) is 10.9 Å². The van der Waals surface area contributed by atoms with E-state index in [-0.39, 0.29) is 17.4 Å². The van der Waals surface area contributed by atoms with Crippen LogP contribution in [-0.4, -0.2) is 43.0 Å². The van der Waals surface area contributed by atoms with Crippen LogP contribution in [0.1, 0.15) is 54.2 Å². The van der Waals surface area contributed by atoms with Crippen LogP contribution >= 0.6 is 0 Å². The summed E-state index contributed by atoms with van der Waals surface area (Å²) in [6, 6.07) is 5.20. The molecule has 0 fully saturated rings. The standard InChI is InChI=1S/C20H27N3O3/c1-3-23(4-2)12-11-21-19(24)15-9-5-7-13-14-8-6-10-16(20(25)26)18(14)22-17(13)15/h6,8,10,15,22H,3-5,7,9,11-12H2,1-2H3,(H,21,24)(H,25,26)/t15-/m1/s1. The molecule has 140 valence electrons. The number of nitrogens with one attached hydrogen (secondary N) is 3. The van der Waals surface area contributed by atoms with Crippen LogP contribution in [0.4, 0.5) is 0 Å². The molecule has 0 unspecified atom stereocenters. The summed E-state index contributed by atoms with van der Waals surface area (Å²) >= 11 is 0. The highest BCUT2D eigenvalue weighted by Crippen LogP contribution is 2.37. The summed E-state index contributed by atoms with van der Waals surface area (Å²) in [7, 11) is 0. The van der Waals surface area contributed by atoms with E-state index in [1.165, 1.54) is 4.90 Å². The first kappa shape index (κ1) is 18.5. The largest absolute Gasteiger partial charge is 0.545 e. The molecule has 3 N–H and O–H groups in total. The molecule has 1 aromatic carbocycles. The molecule has 26 heavy (non-hydrogen) atoms. The van der Waals surface area contributed by atoms with Crippen molar-refractivity contribution in [2.75, 3.05) is 26.2 Å². The van der Waals surface area contributed by atoms with Crippen molar-refractivity contribution in [2.24, 2.45) is 0 Å². The normalized spacial score (nSPS) is 16.7. The Morgan fingerprint density at radius 1 is 1.31 bits per heavy atom. The number of para-hydroxylation sites is 1. The molecule has 1 aliphatic carbocycles. The fourth-order valence-corrected chi connectivity index (χ4v) is 4.01. The first-order chi connectivity index (χ1) is 12.6. The van der Waals surface area contributed by atoms with E-state index in [0.29, 0.717) is 12.1 Å². The van der Waals surface area contributed by atoms with Crippen LogP contribution in [0.3, 0.4) is 0 Å². The quantitative estimate of drug-likeness (QED) is 0.651. The van der Waals surface area contributed by atoms with E-state index in [1.54, 1.807) is 12.1 Å². The highest BCUT2D eigenvalue weighted by molar-refractivity contribution is 6.03. The van der Waals surface area contributed by atoms with E-state index in [2.05, 4.69) is 24.1 Å². The summed E-state index contributed by atoms with van der Waals surface area (Å²) in [5, 5.41) is 15.4. The Labute approximate surface area is 153 Å². The number of aromatic carboxylic acids is 1. The van der Waals surface area contributed by atoms with Crippen molar-refractivity contribution < 1.29 is 19.6 Å². The third-order valence-corrected chi connectivity index (χ3v) is 5.56. The molecular formula is C20H27N3O3. The van der Waals surface area contributed by atoms with E-state index in [1.807, 2.05) is 6.07 Å². The minimum absolute atomic E-state index is 0.0269. The molecule has 0 bridgehead atoms. The van der Waals surface area contributed by atoms with Crippen molar-refractivity contribution >= 4 is 22.8 Å². The molecular weight excluding hydrogens is 330 g/mol. The minimum Gasteiger partial charge on any atom is -0.545 e. The Hall–Kier alpha value is -2.34. The predicted octanol–water partition coefficient (Wildman–Crippen LogP) is -0.00780. The molecule has 1 heterocycles. The van der Waals surface area contributed by atoms with Crippen LogP contribution in [0.15, 0.2) is 18.2 Å². The number of benzene rings is 1. The maximum Gasteiger partial charge on any atom is 0.229 e. The lowest BCUT2D eigenvalue weighted by atomic mass is 9.86. The van der Waals surface area contributed by atoms with Crippen LogP contribution in [0.2, 0.25) is 0 Å². The molecule has 1 atom stereocenters. The average Bonchev–Trinajstić information content (AvgIpc) is 3.03. The van der Waals surface area contributed by atoms with Crippen molar-refractivity contribution in [3.05, 3.63) is 35.0 Å². The number of quaternary nitrogens is 1. The van der Waals surface area contributed by atoms with Crippen molar-refractivity contribution in [1.82, 2.24) is 10.3 Å². The number of carboxylic acid groups (broad SMARTS) is 1. The average molecular weight is 357 g/mol. The van der Waals surface area contributed by atoms with E-state index in [9.17, 15) is 14.7 Å². The number of carbonyl (C=O) groups is 2. The van der Waals surface area contributed by atoms with Gasteiger partial charge in [-0.05, 0) is 38.7 Å². The third kappa shape index (κ3) is 3.46. The topological polar surface area (TPSA) is 89.5 Å². The van der Waals surface area contributed by atoms with Gasteiger partial charge in [-0.1, -0.05) is 18.2 Å². The molecule has 0 radical (unpaired) electrons. The van der Waals surface area contributed by atoms with Crippen molar-refractivity contribution in [3.63, 3.8) is 0 Å². The van der Waals surface area contributed by atoms with Crippen molar-refractivity contribution in [3.8, 4) is 0 Å². The Bertz CT molecular complexity index is 808. The Morgan fingerprint density at radius 3 is 2.77 bits per heavy atom. The highest BCUT2D eigenvalue weighted by Gasteiger charge is 2.30. The van der Waals surface area contributed by atoms with Gasteiger partial charge in [-0.15, -0.1) is 0 Å². The summed E-state index contributed by atoms with van der Waals surface area (Å²) in [4.78, 5) is 28.8. The van der Waals surface area contributed by atoms with Gasteiger partial charge in [0.25, 0.3) is 0 Å². The zero-order valence-electron chi connectivity index (χ0n) is 15.5. The smallest absolute Gasteiger partial charge is 0.229 e. The van der Waals surface area contributed by atoms with Gasteiger partial charge in [0.1, 0.15) is 0 Å². The first-order valence-corrected chi connectivity index (χ1v) is 9.52. The predicted molar refractivity (Wildman–Crippen MR) is 98.2 cm³/mol. The number of aromatic nitrogens is 1. The van der Waals surface area contributed by atoms with Gasteiger partial charge in [-0.2, -0.15) is 0 Å². The maximum atomic E-state index is 12.7. The van der Waals surface area contributed by atoms with Gasteiger partial charge in [0.2, 0.25) is 5.91 Å². The van der Waals surface area contributed by atoms with Crippen molar-refractivity contribution in [2.45, 2.75) is 39.0 Å². The van der Waals surface area contributed by atoms with E-state index in [4.69, 9.17) is 0 Å². The number of rotatable bonds is 7. The summed E-state index contributed by atoms with van der Waals surface area (Å²) < 4.78 is 0. The number of aromatic amines is 1. The fourth-order valence-electron chi connectivity index (χ4n) is 4.01. The molecule has 2 aromatic rings. The van der Waals surface area contributed by atoms with Gasteiger partial charge in [-0.3, -0.25) is 4.79 Å². The number of amides is 1. The molecule has 1 aromatic heterocycles. The van der Waals surface area contributed by atoms with Gasteiger partial charge in [0.15, 0.2) is 0 Å². The number of aryl methyl sites for hydroxylation is 1. The summed E-state index contributed by atoms with van der Waals surface area (Å²) in [6.45, 7) is 7.97. The number of fused-ring (bicyclic) bond motifs is 3. The van der Waals surface area contributed by atoms with Crippen LogP contribution in [-0.2, 0) is 11.2 Å². The van der Waals surface area contributed by atoms with Gasteiger partial charge in [0, 0.05) is 16.6 Å². The van der Waals surface area contributed by atoms with E-state index in [0.717, 1.165) is 55.5 Å². The number of likely N-dealkylation sites (N-methyl/N-ethyl adjacent to an activating group) is 1. The first-order valence-electron chi connectivity index (χ1n) is 9.52. The number of hydrogen-bond donors (Lipinski definition) is 3. The highest BCUT2D eigenvalue weighted by atomic mass is 16.4. The molecule has 0 saturated carbocycles. The molecule has 0 aliphatic heterocycles. The molecule has 1 aliphatic rings.